The summed E-state index contributed by atoms with van der Waals surface area (Å²) < 4.78 is 0. The molecule has 86 valence electrons. The summed E-state index contributed by atoms with van der Waals surface area (Å²) in [6.07, 6.45) is 0.899. The van der Waals surface area contributed by atoms with Crippen molar-refractivity contribution < 1.29 is 4.79 Å². The maximum Gasteiger partial charge on any atom is 0.150 e. The lowest BCUT2D eigenvalue weighted by atomic mass is 9.99. The first-order chi connectivity index (χ1) is 8.22. The average Bonchev–Trinajstić information content (AvgIpc) is 2.39. The van der Waals surface area contributed by atoms with Crippen LogP contribution in [0.15, 0.2) is 48.5 Å². The lowest BCUT2D eigenvalue weighted by Crippen LogP contribution is -1.88. The third-order valence-corrected chi connectivity index (χ3v) is 3.30. The first kappa shape index (κ1) is 12.1. The number of aldehydes is 1. The molecule has 0 saturated heterocycles. The minimum Gasteiger partial charge on any atom is -0.298 e. The molecule has 2 heteroatoms. The van der Waals surface area contributed by atoms with Crippen LogP contribution in [0.25, 0.3) is 11.1 Å². The fourth-order valence-corrected chi connectivity index (χ4v) is 2.10. The molecule has 0 saturated carbocycles. The zero-order chi connectivity index (χ0) is 12.3. The Labute approximate surface area is 110 Å². The molecule has 0 spiro atoms. The standard InChI is InChI=1S/C15H13BrO/c1-11(16)12-6-8-13(9-7-12)15-5-3-2-4-14(15)10-17/h2-11H,1H3. The Morgan fingerprint density at radius 1 is 1.06 bits per heavy atom. The number of halogens is 1. The van der Waals surface area contributed by atoms with E-state index in [0.29, 0.717) is 4.83 Å². The monoisotopic (exact) mass is 288 g/mol. The van der Waals surface area contributed by atoms with Crippen molar-refractivity contribution in [2.45, 2.75) is 11.8 Å². The molecular formula is C15H13BrO. The summed E-state index contributed by atoms with van der Waals surface area (Å²) in [5.41, 5.74) is 4.02. The van der Waals surface area contributed by atoms with Crippen LogP contribution >= 0.6 is 15.9 Å². The molecule has 0 aliphatic carbocycles. The molecular weight excluding hydrogens is 276 g/mol. The minimum atomic E-state index is 0.345. The van der Waals surface area contributed by atoms with Crippen LogP contribution in [0, 0.1) is 0 Å². The van der Waals surface area contributed by atoms with E-state index >= 15 is 0 Å². The number of benzene rings is 2. The molecule has 17 heavy (non-hydrogen) atoms. The molecule has 0 fully saturated rings. The van der Waals surface area contributed by atoms with Crippen LogP contribution < -0.4 is 0 Å². The molecule has 0 aromatic heterocycles. The number of alkyl halides is 1. The van der Waals surface area contributed by atoms with E-state index in [0.717, 1.165) is 23.0 Å². The van der Waals surface area contributed by atoms with Gasteiger partial charge in [0.2, 0.25) is 0 Å². The zero-order valence-electron chi connectivity index (χ0n) is 9.56. The predicted molar refractivity (Wildman–Crippen MR) is 74.6 cm³/mol. The third-order valence-electron chi connectivity index (χ3n) is 2.77. The van der Waals surface area contributed by atoms with Crippen LogP contribution in [-0.4, -0.2) is 6.29 Å². The molecule has 0 heterocycles. The van der Waals surface area contributed by atoms with E-state index < -0.39 is 0 Å². The van der Waals surface area contributed by atoms with Crippen LogP contribution in [0.1, 0.15) is 27.7 Å². The quantitative estimate of drug-likeness (QED) is 0.595. The number of carbonyl (C=O) groups is 1. The highest BCUT2D eigenvalue weighted by Gasteiger charge is 2.05. The fraction of sp³-hybridized carbons (Fsp3) is 0.133. The molecule has 1 atom stereocenters. The second kappa shape index (κ2) is 5.28. The van der Waals surface area contributed by atoms with Gasteiger partial charge in [-0.25, -0.2) is 0 Å². The SMILES string of the molecule is CC(Br)c1ccc(-c2ccccc2C=O)cc1. The number of hydrogen-bond acceptors (Lipinski definition) is 1. The molecule has 0 bridgehead atoms. The van der Waals surface area contributed by atoms with Crippen molar-refractivity contribution in [1.82, 2.24) is 0 Å². The number of carbonyl (C=O) groups excluding carboxylic acids is 1. The second-order valence-electron chi connectivity index (χ2n) is 3.94. The highest BCUT2D eigenvalue weighted by atomic mass is 79.9. The summed E-state index contributed by atoms with van der Waals surface area (Å²) in [4.78, 5) is 11.3. The van der Waals surface area contributed by atoms with Crippen molar-refractivity contribution in [3.63, 3.8) is 0 Å². The smallest absolute Gasteiger partial charge is 0.150 e. The van der Waals surface area contributed by atoms with Crippen LogP contribution in [-0.2, 0) is 0 Å². The van der Waals surface area contributed by atoms with E-state index in [1.165, 1.54) is 5.56 Å². The van der Waals surface area contributed by atoms with Gasteiger partial charge in [-0.15, -0.1) is 0 Å². The van der Waals surface area contributed by atoms with E-state index in [1.807, 2.05) is 24.3 Å². The van der Waals surface area contributed by atoms with E-state index in [9.17, 15) is 4.79 Å². The Balaban J connectivity index is 2.43. The van der Waals surface area contributed by atoms with Gasteiger partial charge in [-0.2, -0.15) is 0 Å². The average molecular weight is 289 g/mol. The summed E-state index contributed by atoms with van der Waals surface area (Å²) in [6.45, 7) is 2.09. The highest BCUT2D eigenvalue weighted by molar-refractivity contribution is 9.09. The summed E-state index contributed by atoms with van der Waals surface area (Å²) >= 11 is 3.54. The third kappa shape index (κ3) is 2.64. The number of rotatable bonds is 3. The Kier molecular flexibility index (Phi) is 3.75. The van der Waals surface area contributed by atoms with Crippen molar-refractivity contribution in [1.29, 1.82) is 0 Å². The second-order valence-corrected chi connectivity index (χ2v) is 5.32. The molecule has 0 radical (unpaired) electrons. The molecule has 2 aromatic carbocycles. The van der Waals surface area contributed by atoms with Gasteiger partial charge in [0, 0.05) is 10.4 Å². The lowest BCUT2D eigenvalue weighted by Gasteiger charge is -2.07. The first-order valence-corrected chi connectivity index (χ1v) is 6.42. The Bertz CT molecular complexity index is 515. The van der Waals surface area contributed by atoms with Gasteiger partial charge in [0.05, 0.1) is 0 Å². The highest BCUT2D eigenvalue weighted by Crippen LogP contribution is 2.27. The van der Waals surface area contributed by atoms with Crippen LogP contribution in [0.4, 0.5) is 0 Å². The molecule has 0 N–H and O–H groups in total. The zero-order valence-corrected chi connectivity index (χ0v) is 11.1. The molecule has 1 nitrogen and oxygen atoms in total. The van der Waals surface area contributed by atoms with Gasteiger partial charge < -0.3 is 0 Å². The minimum absolute atomic E-state index is 0.345. The van der Waals surface area contributed by atoms with Crippen molar-refractivity contribution in [2.24, 2.45) is 0 Å². The van der Waals surface area contributed by atoms with Gasteiger partial charge in [-0.3, -0.25) is 4.79 Å². The molecule has 0 amide bonds. The van der Waals surface area contributed by atoms with E-state index in [2.05, 4.69) is 47.1 Å². The first-order valence-electron chi connectivity index (χ1n) is 5.51. The fourth-order valence-electron chi connectivity index (χ4n) is 1.79. The van der Waals surface area contributed by atoms with Gasteiger partial charge in [0.15, 0.2) is 6.29 Å². The van der Waals surface area contributed by atoms with Crippen LogP contribution in [0.5, 0.6) is 0 Å². The van der Waals surface area contributed by atoms with Crippen LogP contribution in [0.3, 0.4) is 0 Å². The number of hydrogen-bond donors (Lipinski definition) is 0. The van der Waals surface area contributed by atoms with Crippen molar-refractivity contribution >= 4 is 22.2 Å². The van der Waals surface area contributed by atoms with E-state index in [4.69, 9.17) is 0 Å². The molecule has 0 aliphatic rings. The normalized spacial score (nSPS) is 12.1. The molecule has 2 aromatic rings. The van der Waals surface area contributed by atoms with E-state index in [1.54, 1.807) is 0 Å². The Hall–Kier alpha value is -1.41. The molecule has 0 aliphatic heterocycles. The molecule has 1 unspecified atom stereocenters. The predicted octanol–water partition coefficient (Wildman–Crippen LogP) is 4.62. The van der Waals surface area contributed by atoms with Gasteiger partial charge >= 0.3 is 0 Å². The van der Waals surface area contributed by atoms with Crippen molar-refractivity contribution in [3.05, 3.63) is 59.7 Å². The topological polar surface area (TPSA) is 17.1 Å². The molecule has 2 rings (SSSR count). The largest absolute Gasteiger partial charge is 0.298 e. The van der Waals surface area contributed by atoms with E-state index in [-0.39, 0.29) is 0 Å². The van der Waals surface area contributed by atoms with Crippen molar-refractivity contribution in [3.8, 4) is 11.1 Å². The maximum absolute atomic E-state index is 11.0. The van der Waals surface area contributed by atoms with Crippen LogP contribution in [0.2, 0.25) is 0 Å². The maximum atomic E-state index is 11.0. The summed E-state index contributed by atoms with van der Waals surface area (Å²) in [7, 11) is 0. The Morgan fingerprint density at radius 3 is 2.29 bits per heavy atom. The van der Waals surface area contributed by atoms with Crippen molar-refractivity contribution in [2.75, 3.05) is 0 Å². The Morgan fingerprint density at radius 2 is 1.71 bits per heavy atom. The summed E-state index contributed by atoms with van der Waals surface area (Å²) in [6, 6.07) is 15.9. The summed E-state index contributed by atoms with van der Waals surface area (Å²) in [5.74, 6) is 0. The van der Waals surface area contributed by atoms with Gasteiger partial charge in [0.1, 0.15) is 0 Å². The summed E-state index contributed by atoms with van der Waals surface area (Å²) in [5, 5.41) is 0. The lowest BCUT2D eigenvalue weighted by molar-refractivity contribution is 0.112. The van der Waals surface area contributed by atoms with Gasteiger partial charge in [0.25, 0.3) is 0 Å². The van der Waals surface area contributed by atoms with Gasteiger partial charge in [-0.1, -0.05) is 64.5 Å². The van der Waals surface area contributed by atoms with Gasteiger partial charge in [-0.05, 0) is 23.6 Å².